The molecule has 2 amide bonds. The molecule has 102 valence electrons. The third-order valence-corrected chi connectivity index (χ3v) is 3.68. The number of benzene rings is 1. The van der Waals surface area contributed by atoms with Gasteiger partial charge in [0.15, 0.2) is 0 Å². The van der Waals surface area contributed by atoms with Crippen molar-refractivity contribution in [1.82, 2.24) is 4.90 Å². The van der Waals surface area contributed by atoms with Crippen LogP contribution in [0.5, 0.6) is 0 Å². The Bertz CT molecular complexity index is 441. The Kier molecular flexibility index (Phi) is 4.72. The lowest BCUT2D eigenvalue weighted by molar-refractivity contribution is -0.138. The Morgan fingerprint density at radius 1 is 1.11 bits per heavy atom. The Labute approximate surface area is 114 Å². The van der Waals surface area contributed by atoms with E-state index < -0.39 is 0 Å². The van der Waals surface area contributed by atoms with E-state index in [1.807, 2.05) is 30.3 Å². The van der Waals surface area contributed by atoms with Crippen LogP contribution in [0.2, 0.25) is 0 Å². The third-order valence-electron chi connectivity index (χ3n) is 3.68. The lowest BCUT2D eigenvalue weighted by Crippen LogP contribution is -2.31. The van der Waals surface area contributed by atoms with Crippen LogP contribution in [-0.4, -0.2) is 23.3 Å². The van der Waals surface area contributed by atoms with Crippen LogP contribution in [0.1, 0.15) is 50.5 Å². The lowest BCUT2D eigenvalue weighted by atomic mass is 9.98. The fourth-order valence-corrected chi connectivity index (χ4v) is 2.56. The van der Waals surface area contributed by atoms with E-state index in [2.05, 4.69) is 6.92 Å². The van der Waals surface area contributed by atoms with Crippen molar-refractivity contribution in [2.24, 2.45) is 0 Å². The van der Waals surface area contributed by atoms with E-state index >= 15 is 0 Å². The van der Waals surface area contributed by atoms with Crippen LogP contribution < -0.4 is 0 Å². The molecular weight excluding hydrogens is 238 g/mol. The van der Waals surface area contributed by atoms with Crippen molar-refractivity contribution in [2.45, 2.75) is 44.9 Å². The highest BCUT2D eigenvalue weighted by molar-refractivity contribution is 6.06. The number of nitrogens with zero attached hydrogens (tertiary/aromatic N) is 1. The number of carbonyl (C=O) groups is 2. The molecule has 3 nitrogen and oxygen atoms in total. The second kappa shape index (κ2) is 6.50. The first-order valence-corrected chi connectivity index (χ1v) is 7.13. The summed E-state index contributed by atoms with van der Waals surface area (Å²) in [6, 6.07) is 9.61. The van der Waals surface area contributed by atoms with E-state index in [4.69, 9.17) is 0 Å². The minimum atomic E-state index is -0.264. The molecule has 1 aliphatic rings. The van der Waals surface area contributed by atoms with Gasteiger partial charge in [0, 0.05) is 13.0 Å². The Morgan fingerprint density at radius 2 is 1.84 bits per heavy atom. The molecule has 0 spiro atoms. The summed E-state index contributed by atoms with van der Waals surface area (Å²) < 4.78 is 0. The summed E-state index contributed by atoms with van der Waals surface area (Å²) in [4.78, 5) is 25.7. The number of likely N-dealkylation sites (tertiary alicyclic amines) is 1. The zero-order chi connectivity index (χ0) is 13.7. The smallest absolute Gasteiger partial charge is 0.237 e. The SMILES string of the molecule is CCCCCCN1C(=O)CC(c2ccccc2)C1=O. The van der Waals surface area contributed by atoms with E-state index in [0.717, 1.165) is 24.8 Å². The van der Waals surface area contributed by atoms with Gasteiger partial charge in [0.25, 0.3) is 0 Å². The minimum absolute atomic E-state index is 0.0182. The van der Waals surface area contributed by atoms with Gasteiger partial charge in [0.2, 0.25) is 11.8 Å². The standard InChI is InChI=1S/C16H21NO2/c1-2-3-4-8-11-17-15(18)12-14(16(17)19)13-9-6-5-7-10-13/h5-7,9-10,14H,2-4,8,11-12H2,1H3. The quantitative estimate of drug-likeness (QED) is 0.581. The maximum atomic E-state index is 12.3. The molecule has 1 aromatic rings. The molecule has 2 rings (SSSR count). The number of imide groups is 1. The molecule has 1 aromatic carbocycles. The average Bonchev–Trinajstić information content (AvgIpc) is 2.72. The van der Waals surface area contributed by atoms with Crippen molar-refractivity contribution in [2.75, 3.05) is 6.54 Å². The fourth-order valence-electron chi connectivity index (χ4n) is 2.56. The van der Waals surface area contributed by atoms with Crippen LogP contribution in [-0.2, 0) is 9.59 Å². The summed E-state index contributed by atoms with van der Waals surface area (Å²) in [5.74, 6) is -0.303. The van der Waals surface area contributed by atoms with E-state index in [1.54, 1.807) is 0 Å². The first kappa shape index (κ1) is 13.8. The number of carbonyl (C=O) groups excluding carboxylic acids is 2. The second-order valence-corrected chi connectivity index (χ2v) is 5.11. The van der Waals surface area contributed by atoms with Crippen LogP contribution in [0.25, 0.3) is 0 Å². The molecule has 1 aliphatic heterocycles. The van der Waals surface area contributed by atoms with Crippen molar-refractivity contribution in [3.8, 4) is 0 Å². The number of hydrogen-bond donors (Lipinski definition) is 0. The van der Waals surface area contributed by atoms with Crippen LogP contribution in [0, 0.1) is 0 Å². The monoisotopic (exact) mass is 259 g/mol. The molecule has 0 saturated carbocycles. The van der Waals surface area contributed by atoms with Crippen LogP contribution in [0.4, 0.5) is 0 Å². The second-order valence-electron chi connectivity index (χ2n) is 5.11. The van der Waals surface area contributed by atoms with Gasteiger partial charge in [-0.25, -0.2) is 0 Å². The van der Waals surface area contributed by atoms with Gasteiger partial charge in [-0.15, -0.1) is 0 Å². The van der Waals surface area contributed by atoms with E-state index in [0.29, 0.717) is 13.0 Å². The number of unbranched alkanes of at least 4 members (excludes halogenated alkanes) is 3. The molecule has 0 radical (unpaired) electrons. The topological polar surface area (TPSA) is 37.4 Å². The summed E-state index contributed by atoms with van der Waals surface area (Å²) in [6.07, 6.45) is 4.67. The number of hydrogen-bond acceptors (Lipinski definition) is 2. The summed E-state index contributed by atoms with van der Waals surface area (Å²) in [7, 11) is 0. The molecule has 1 fully saturated rings. The highest BCUT2D eigenvalue weighted by atomic mass is 16.2. The van der Waals surface area contributed by atoms with Gasteiger partial charge in [-0.3, -0.25) is 14.5 Å². The maximum Gasteiger partial charge on any atom is 0.237 e. The van der Waals surface area contributed by atoms with Crippen molar-refractivity contribution < 1.29 is 9.59 Å². The van der Waals surface area contributed by atoms with Gasteiger partial charge in [0.1, 0.15) is 0 Å². The van der Waals surface area contributed by atoms with Gasteiger partial charge in [-0.1, -0.05) is 56.5 Å². The largest absolute Gasteiger partial charge is 0.282 e. The molecule has 1 atom stereocenters. The molecule has 1 saturated heterocycles. The van der Waals surface area contributed by atoms with Gasteiger partial charge in [-0.05, 0) is 12.0 Å². The number of rotatable bonds is 6. The third kappa shape index (κ3) is 3.22. The highest BCUT2D eigenvalue weighted by Gasteiger charge is 2.38. The molecule has 0 bridgehead atoms. The molecule has 3 heteroatoms. The predicted octanol–water partition coefficient (Wildman–Crippen LogP) is 3.11. The molecule has 1 heterocycles. The summed E-state index contributed by atoms with van der Waals surface area (Å²) in [5.41, 5.74) is 0.955. The fraction of sp³-hybridized carbons (Fsp3) is 0.500. The molecule has 0 aliphatic carbocycles. The molecule has 0 aromatic heterocycles. The van der Waals surface area contributed by atoms with Gasteiger partial charge >= 0.3 is 0 Å². The molecule has 19 heavy (non-hydrogen) atoms. The number of amides is 2. The Hall–Kier alpha value is -1.64. The summed E-state index contributed by atoms with van der Waals surface area (Å²) in [6.45, 7) is 2.73. The predicted molar refractivity (Wildman–Crippen MR) is 74.7 cm³/mol. The highest BCUT2D eigenvalue weighted by Crippen LogP contribution is 2.29. The van der Waals surface area contributed by atoms with Crippen LogP contribution >= 0.6 is 0 Å². The molecule has 0 N–H and O–H groups in total. The first-order valence-electron chi connectivity index (χ1n) is 7.13. The molecular formula is C16H21NO2. The lowest BCUT2D eigenvalue weighted by Gasteiger charge is -2.14. The zero-order valence-electron chi connectivity index (χ0n) is 11.5. The van der Waals surface area contributed by atoms with Crippen molar-refractivity contribution in [1.29, 1.82) is 0 Å². The maximum absolute atomic E-state index is 12.3. The van der Waals surface area contributed by atoms with E-state index in [1.165, 1.54) is 11.3 Å². The van der Waals surface area contributed by atoms with Gasteiger partial charge in [-0.2, -0.15) is 0 Å². The average molecular weight is 259 g/mol. The minimum Gasteiger partial charge on any atom is -0.282 e. The first-order chi connectivity index (χ1) is 9.24. The Balaban J connectivity index is 1.97. The Morgan fingerprint density at radius 3 is 2.53 bits per heavy atom. The normalized spacial score (nSPS) is 19.2. The van der Waals surface area contributed by atoms with Crippen molar-refractivity contribution in [3.05, 3.63) is 35.9 Å². The van der Waals surface area contributed by atoms with Crippen LogP contribution in [0.15, 0.2) is 30.3 Å². The van der Waals surface area contributed by atoms with Crippen LogP contribution in [0.3, 0.4) is 0 Å². The summed E-state index contributed by atoms with van der Waals surface area (Å²) in [5, 5.41) is 0. The van der Waals surface area contributed by atoms with E-state index in [9.17, 15) is 9.59 Å². The van der Waals surface area contributed by atoms with E-state index in [-0.39, 0.29) is 17.7 Å². The van der Waals surface area contributed by atoms with Crippen molar-refractivity contribution >= 4 is 11.8 Å². The van der Waals surface area contributed by atoms with Gasteiger partial charge in [0.05, 0.1) is 5.92 Å². The molecule has 1 unspecified atom stereocenters. The van der Waals surface area contributed by atoms with Crippen molar-refractivity contribution in [3.63, 3.8) is 0 Å². The zero-order valence-corrected chi connectivity index (χ0v) is 11.5. The van der Waals surface area contributed by atoms with Gasteiger partial charge < -0.3 is 0 Å². The summed E-state index contributed by atoms with van der Waals surface area (Å²) >= 11 is 0.